The number of hydrogen-bond donors (Lipinski definition) is 2. The molecule has 0 fully saturated rings. The Morgan fingerprint density at radius 1 is 1.12 bits per heavy atom. The molecular weight excluding hydrogens is 230 g/mol. The molecule has 1 amide bonds. The molecule has 0 bridgehead atoms. The van der Waals surface area contributed by atoms with Crippen molar-refractivity contribution in [3.05, 3.63) is 34.9 Å². The highest BCUT2D eigenvalue weighted by Gasteiger charge is 2.14. The fraction of sp³-hybridized carbons (Fsp3) is 0.364. The molecule has 0 aliphatic heterocycles. The molecule has 0 atom stereocenters. The summed E-state index contributed by atoms with van der Waals surface area (Å²) in [6.07, 6.45) is 0. The number of carbonyl (C=O) groups excluding carboxylic acids is 1. The average molecular weight is 244 g/mol. The van der Waals surface area contributed by atoms with Crippen molar-refractivity contribution in [1.82, 2.24) is 4.90 Å². The molecule has 2 N–H and O–H groups in total. The Labute approximate surface area is 99.1 Å². The summed E-state index contributed by atoms with van der Waals surface area (Å²) >= 11 is 5.71. The molecule has 0 spiro atoms. The van der Waals surface area contributed by atoms with Gasteiger partial charge in [-0.1, -0.05) is 11.6 Å². The summed E-state index contributed by atoms with van der Waals surface area (Å²) in [6.45, 7) is 0.169. The van der Waals surface area contributed by atoms with Crippen molar-refractivity contribution in [1.29, 1.82) is 0 Å². The third kappa shape index (κ3) is 3.48. The first kappa shape index (κ1) is 13.0. The number of halogens is 1. The first-order chi connectivity index (χ1) is 7.69. The number of nitrogens with zero attached hydrogens (tertiary/aromatic N) is 1. The predicted molar refractivity (Wildman–Crippen MR) is 61.5 cm³/mol. The van der Waals surface area contributed by atoms with Crippen molar-refractivity contribution in [3.63, 3.8) is 0 Å². The van der Waals surface area contributed by atoms with Crippen molar-refractivity contribution in [3.8, 4) is 0 Å². The molecule has 0 radical (unpaired) electrons. The van der Waals surface area contributed by atoms with Crippen LogP contribution in [0.2, 0.25) is 5.02 Å². The summed E-state index contributed by atoms with van der Waals surface area (Å²) in [5.74, 6) is -0.222. The SMILES string of the molecule is O=C(c1ccc(Cl)cc1)N(CCO)CCO. The second-order valence-electron chi connectivity index (χ2n) is 3.25. The van der Waals surface area contributed by atoms with Crippen LogP contribution in [0.1, 0.15) is 10.4 Å². The largest absolute Gasteiger partial charge is 0.395 e. The molecule has 0 heterocycles. The molecule has 0 aliphatic rings. The number of aliphatic hydroxyl groups is 2. The molecule has 1 rings (SSSR count). The van der Waals surface area contributed by atoms with Gasteiger partial charge in [0.1, 0.15) is 0 Å². The molecule has 0 saturated carbocycles. The average Bonchev–Trinajstić information content (AvgIpc) is 2.29. The van der Waals surface area contributed by atoms with Gasteiger partial charge >= 0.3 is 0 Å². The van der Waals surface area contributed by atoms with E-state index in [1.165, 1.54) is 4.90 Å². The zero-order valence-corrected chi connectivity index (χ0v) is 9.52. The molecule has 5 heteroatoms. The second-order valence-corrected chi connectivity index (χ2v) is 3.68. The van der Waals surface area contributed by atoms with E-state index in [9.17, 15) is 4.79 Å². The summed E-state index contributed by atoms with van der Waals surface area (Å²) in [7, 11) is 0. The first-order valence-corrected chi connectivity index (χ1v) is 5.33. The highest BCUT2D eigenvalue weighted by Crippen LogP contribution is 2.11. The highest BCUT2D eigenvalue weighted by molar-refractivity contribution is 6.30. The Morgan fingerprint density at radius 2 is 1.62 bits per heavy atom. The lowest BCUT2D eigenvalue weighted by atomic mass is 10.2. The van der Waals surface area contributed by atoms with E-state index in [1.54, 1.807) is 24.3 Å². The van der Waals surface area contributed by atoms with Crippen LogP contribution in [-0.2, 0) is 0 Å². The lowest BCUT2D eigenvalue weighted by molar-refractivity contribution is 0.0685. The van der Waals surface area contributed by atoms with Crippen LogP contribution < -0.4 is 0 Å². The number of hydrogen-bond acceptors (Lipinski definition) is 3. The monoisotopic (exact) mass is 243 g/mol. The van der Waals surface area contributed by atoms with Crippen LogP contribution in [0.15, 0.2) is 24.3 Å². The second kappa shape index (κ2) is 6.48. The minimum atomic E-state index is -0.222. The van der Waals surface area contributed by atoms with Gasteiger partial charge in [-0.15, -0.1) is 0 Å². The molecule has 4 nitrogen and oxygen atoms in total. The maximum absolute atomic E-state index is 11.9. The Balaban J connectivity index is 2.77. The molecule has 16 heavy (non-hydrogen) atoms. The van der Waals surface area contributed by atoms with Crippen molar-refractivity contribution in [2.45, 2.75) is 0 Å². The van der Waals surface area contributed by atoms with Gasteiger partial charge in [-0.3, -0.25) is 4.79 Å². The van der Waals surface area contributed by atoms with Gasteiger partial charge in [-0.2, -0.15) is 0 Å². The molecular formula is C11H14ClNO3. The number of benzene rings is 1. The van der Waals surface area contributed by atoms with E-state index in [0.29, 0.717) is 10.6 Å². The number of amides is 1. The van der Waals surface area contributed by atoms with E-state index in [1.807, 2.05) is 0 Å². The third-order valence-corrected chi connectivity index (χ3v) is 2.37. The van der Waals surface area contributed by atoms with Crippen LogP contribution in [0.25, 0.3) is 0 Å². The minimum absolute atomic E-state index is 0.126. The van der Waals surface area contributed by atoms with Crippen LogP contribution in [-0.4, -0.2) is 47.3 Å². The molecule has 1 aromatic rings. The van der Waals surface area contributed by atoms with E-state index in [4.69, 9.17) is 21.8 Å². The van der Waals surface area contributed by atoms with Crippen LogP contribution in [0.3, 0.4) is 0 Å². The summed E-state index contributed by atoms with van der Waals surface area (Å²) in [5.41, 5.74) is 0.492. The summed E-state index contributed by atoms with van der Waals surface area (Å²) < 4.78 is 0. The minimum Gasteiger partial charge on any atom is -0.395 e. The molecule has 0 aromatic heterocycles. The molecule has 0 aliphatic carbocycles. The van der Waals surface area contributed by atoms with E-state index in [2.05, 4.69) is 0 Å². The Kier molecular flexibility index (Phi) is 5.25. The van der Waals surface area contributed by atoms with Crippen molar-refractivity contribution in [2.75, 3.05) is 26.3 Å². The number of carbonyl (C=O) groups is 1. The van der Waals surface area contributed by atoms with E-state index >= 15 is 0 Å². The quantitative estimate of drug-likeness (QED) is 0.803. The lowest BCUT2D eigenvalue weighted by Crippen LogP contribution is -2.35. The molecule has 0 saturated heterocycles. The van der Waals surface area contributed by atoms with Gasteiger partial charge in [0, 0.05) is 23.7 Å². The Bertz CT molecular complexity index is 334. The maximum Gasteiger partial charge on any atom is 0.254 e. The number of aliphatic hydroxyl groups excluding tert-OH is 2. The maximum atomic E-state index is 11.9. The fourth-order valence-corrected chi connectivity index (χ4v) is 1.46. The highest BCUT2D eigenvalue weighted by atomic mass is 35.5. The van der Waals surface area contributed by atoms with Crippen molar-refractivity contribution >= 4 is 17.5 Å². The predicted octanol–water partition coefficient (Wildman–Crippen LogP) is 0.767. The summed E-state index contributed by atoms with van der Waals surface area (Å²) in [4.78, 5) is 13.3. The van der Waals surface area contributed by atoms with Gasteiger partial charge in [-0.05, 0) is 24.3 Å². The van der Waals surface area contributed by atoms with Gasteiger partial charge in [0.25, 0.3) is 5.91 Å². The topological polar surface area (TPSA) is 60.8 Å². The van der Waals surface area contributed by atoms with Gasteiger partial charge in [0.15, 0.2) is 0 Å². The zero-order chi connectivity index (χ0) is 12.0. The lowest BCUT2D eigenvalue weighted by Gasteiger charge is -2.20. The zero-order valence-electron chi connectivity index (χ0n) is 8.77. The van der Waals surface area contributed by atoms with Gasteiger partial charge < -0.3 is 15.1 Å². The summed E-state index contributed by atoms with van der Waals surface area (Å²) in [5, 5.41) is 18.2. The Morgan fingerprint density at radius 3 is 2.06 bits per heavy atom. The third-order valence-electron chi connectivity index (χ3n) is 2.12. The molecule has 1 aromatic carbocycles. The van der Waals surface area contributed by atoms with E-state index in [0.717, 1.165) is 0 Å². The van der Waals surface area contributed by atoms with Gasteiger partial charge in [0.2, 0.25) is 0 Å². The van der Waals surface area contributed by atoms with Crippen LogP contribution in [0.5, 0.6) is 0 Å². The smallest absolute Gasteiger partial charge is 0.254 e. The Hall–Kier alpha value is -1.10. The van der Waals surface area contributed by atoms with Gasteiger partial charge in [-0.25, -0.2) is 0 Å². The van der Waals surface area contributed by atoms with Crippen molar-refractivity contribution < 1.29 is 15.0 Å². The van der Waals surface area contributed by atoms with E-state index in [-0.39, 0.29) is 32.2 Å². The number of rotatable bonds is 5. The van der Waals surface area contributed by atoms with Crippen LogP contribution in [0.4, 0.5) is 0 Å². The van der Waals surface area contributed by atoms with Crippen LogP contribution >= 0.6 is 11.6 Å². The summed E-state index contributed by atoms with van der Waals surface area (Å²) in [6, 6.07) is 6.49. The normalized spacial score (nSPS) is 10.2. The first-order valence-electron chi connectivity index (χ1n) is 4.95. The molecule has 88 valence electrons. The molecule has 0 unspecified atom stereocenters. The van der Waals surface area contributed by atoms with Crippen LogP contribution in [0, 0.1) is 0 Å². The fourth-order valence-electron chi connectivity index (χ4n) is 1.33. The van der Waals surface area contributed by atoms with Crippen molar-refractivity contribution in [2.24, 2.45) is 0 Å². The standard InChI is InChI=1S/C11H14ClNO3/c12-10-3-1-9(2-4-10)11(16)13(5-7-14)6-8-15/h1-4,14-15H,5-8H2. The van der Waals surface area contributed by atoms with Gasteiger partial charge in [0.05, 0.1) is 13.2 Å². The van der Waals surface area contributed by atoms with E-state index < -0.39 is 0 Å².